The van der Waals surface area contributed by atoms with Crippen molar-refractivity contribution in [3.63, 3.8) is 0 Å². The van der Waals surface area contributed by atoms with Crippen LogP contribution in [0.2, 0.25) is 0 Å². The Morgan fingerprint density at radius 1 is 1.35 bits per heavy atom. The van der Waals surface area contributed by atoms with E-state index in [1.54, 1.807) is 0 Å². The second-order valence-electron chi connectivity index (χ2n) is 5.86. The predicted molar refractivity (Wildman–Crippen MR) is 66.7 cm³/mol. The molecule has 1 aromatic rings. The van der Waals surface area contributed by atoms with Crippen LogP contribution < -0.4 is 5.73 Å². The number of fused-ring (bicyclic) bond motifs is 1. The van der Waals surface area contributed by atoms with Crippen molar-refractivity contribution in [2.75, 3.05) is 6.54 Å². The number of hydrogen-bond acceptors (Lipinski definition) is 3. The van der Waals surface area contributed by atoms with Crippen molar-refractivity contribution in [2.24, 2.45) is 11.7 Å². The van der Waals surface area contributed by atoms with Gasteiger partial charge in [0.1, 0.15) is 11.6 Å². The highest BCUT2D eigenvalue weighted by Gasteiger charge is 2.40. The smallest absolute Gasteiger partial charge is 0.140 e. The monoisotopic (exact) mass is 234 g/mol. The van der Waals surface area contributed by atoms with Gasteiger partial charge >= 0.3 is 0 Å². The van der Waals surface area contributed by atoms with Gasteiger partial charge in [-0.1, -0.05) is 6.92 Å². The van der Waals surface area contributed by atoms with E-state index in [0.717, 1.165) is 25.4 Å². The number of rotatable bonds is 2. The fraction of sp³-hybridized carbons (Fsp3) is 0.846. The van der Waals surface area contributed by atoms with Crippen LogP contribution in [-0.2, 0) is 18.4 Å². The van der Waals surface area contributed by atoms with Gasteiger partial charge < -0.3 is 10.3 Å². The Balaban J connectivity index is 1.94. The van der Waals surface area contributed by atoms with Crippen LogP contribution in [0.3, 0.4) is 0 Å². The first-order valence-corrected chi connectivity index (χ1v) is 6.88. The first-order chi connectivity index (χ1) is 8.25. The van der Waals surface area contributed by atoms with Crippen LogP contribution in [-0.4, -0.2) is 21.3 Å². The van der Waals surface area contributed by atoms with E-state index in [2.05, 4.69) is 21.7 Å². The molecule has 0 atom stereocenters. The van der Waals surface area contributed by atoms with E-state index >= 15 is 0 Å². The van der Waals surface area contributed by atoms with E-state index < -0.39 is 0 Å². The number of aryl methyl sites for hydroxylation is 1. The molecule has 0 aromatic carbocycles. The molecule has 4 heteroatoms. The molecule has 0 amide bonds. The third-order valence-electron chi connectivity index (χ3n) is 4.71. The lowest BCUT2D eigenvalue weighted by Gasteiger charge is -2.37. The molecule has 2 heterocycles. The molecule has 1 aromatic heterocycles. The van der Waals surface area contributed by atoms with Crippen LogP contribution >= 0.6 is 0 Å². The van der Waals surface area contributed by atoms with Crippen molar-refractivity contribution in [3.05, 3.63) is 11.6 Å². The number of aromatic nitrogens is 3. The molecular weight excluding hydrogens is 212 g/mol. The summed E-state index contributed by atoms with van der Waals surface area (Å²) in [5.74, 6) is 3.20. The molecule has 1 saturated carbocycles. The van der Waals surface area contributed by atoms with Crippen molar-refractivity contribution in [2.45, 2.75) is 57.4 Å². The molecule has 1 fully saturated rings. The van der Waals surface area contributed by atoms with Gasteiger partial charge in [-0.25, -0.2) is 0 Å². The summed E-state index contributed by atoms with van der Waals surface area (Å²) in [7, 11) is 0. The summed E-state index contributed by atoms with van der Waals surface area (Å²) in [6, 6.07) is 0. The predicted octanol–water partition coefficient (Wildman–Crippen LogP) is 1.63. The lowest BCUT2D eigenvalue weighted by Crippen LogP contribution is -2.41. The number of nitrogens with two attached hydrogens (primary N) is 1. The van der Waals surface area contributed by atoms with Crippen LogP contribution in [0.1, 0.15) is 50.7 Å². The number of nitrogens with zero attached hydrogens (tertiary/aromatic N) is 3. The van der Waals surface area contributed by atoms with Gasteiger partial charge in [0.15, 0.2) is 0 Å². The second-order valence-corrected chi connectivity index (χ2v) is 5.86. The normalized spacial score (nSPS) is 32.7. The largest absolute Gasteiger partial charge is 0.329 e. The first kappa shape index (κ1) is 11.2. The van der Waals surface area contributed by atoms with Crippen molar-refractivity contribution < 1.29 is 0 Å². The highest BCUT2D eigenvalue weighted by molar-refractivity contribution is 5.15. The number of hydrogen-bond donors (Lipinski definition) is 1. The molecule has 0 spiro atoms. The standard InChI is InChI=1S/C13H22N4/c1-10-4-6-13(9-14,7-5-10)12-16-15-11-3-2-8-17(11)12/h10H,2-9,14H2,1H3. The van der Waals surface area contributed by atoms with Gasteiger partial charge in [-0.15, -0.1) is 10.2 Å². The van der Waals surface area contributed by atoms with E-state index in [-0.39, 0.29) is 5.41 Å². The molecule has 1 aliphatic carbocycles. The molecule has 4 nitrogen and oxygen atoms in total. The van der Waals surface area contributed by atoms with Crippen LogP contribution in [0, 0.1) is 5.92 Å². The Morgan fingerprint density at radius 3 is 2.82 bits per heavy atom. The third-order valence-corrected chi connectivity index (χ3v) is 4.71. The summed E-state index contributed by atoms with van der Waals surface area (Å²) >= 11 is 0. The Hall–Kier alpha value is -0.900. The first-order valence-electron chi connectivity index (χ1n) is 6.88. The molecule has 1 aliphatic heterocycles. The molecule has 3 rings (SSSR count). The summed E-state index contributed by atoms with van der Waals surface area (Å²) in [5, 5.41) is 8.80. The molecule has 0 bridgehead atoms. The molecular formula is C13H22N4. The van der Waals surface area contributed by atoms with Crippen molar-refractivity contribution >= 4 is 0 Å². The lowest BCUT2D eigenvalue weighted by molar-refractivity contribution is 0.231. The summed E-state index contributed by atoms with van der Waals surface area (Å²) in [5.41, 5.74) is 6.20. The van der Waals surface area contributed by atoms with Gasteiger partial charge in [0, 0.05) is 24.9 Å². The van der Waals surface area contributed by atoms with Crippen molar-refractivity contribution in [1.82, 2.24) is 14.8 Å². The van der Waals surface area contributed by atoms with E-state index in [1.807, 2.05) is 0 Å². The van der Waals surface area contributed by atoms with Crippen LogP contribution in [0.15, 0.2) is 0 Å². The van der Waals surface area contributed by atoms with Crippen molar-refractivity contribution in [3.8, 4) is 0 Å². The van der Waals surface area contributed by atoms with Gasteiger partial charge in [-0.2, -0.15) is 0 Å². The minimum Gasteiger partial charge on any atom is -0.329 e. The average Bonchev–Trinajstić information content (AvgIpc) is 2.93. The average molecular weight is 234 g/mol. The van der Waals surface area contributed by atoms with Crippen LogP contribution in [0.5, 0.6) is 0 Å². The third kappa shape index (κ3) is 1.69. The molecule has 94 valence electrons. The zero-order chi connectivity index (χ0) is 11.9. The molecule has 17 heavy (non-hydrogen) atoms. The quantitative estimate of drug-likeness (QED) is 0.846. The molecule has 2 aliphatic rings. The van der Waals surface area contributed by atoms with E-state index in [4.69, 9.17) is 5.73 Å². The fourth-order valence-corrected chi connectivity index (χ4v) is 3.38. The Bertz CT molecular complexity index is 402. The summed E-state index contributed by atoms with van der Waals surface area (Å²) in [6.45, 7) is 4.15. The molecule has 0 saturated heterocycles. The topological polar surface area (TPSA) is 56.7 Å². The maximum atomic E-state index is 6.09. The van der Waals surface area contributed by atoms with Gasteiger partial charge in [0.2, 0.25) is 0 Å². The van der Waals surface area contributed by atoms with E-state index in [9.17, 15) is 0 Å². The minimum atomic E-state index is 0.113. The highest BCUT2D eigenvalue weighted by atomic mass is 15.3. The SMILES string of the molecule is CC1CCC(CN)(c2nnc3n2CCC3)CC1. The lowest BCUT2D eigenvalue weighted by atomic mass is 9.70. The van der Waals surface area contributed by atoms with Gasteiger partial charge in [0.05, 0.1) is 0 Å². The summed E-state index contributed by atoms with van der Waals surface area (Å²) in [6.07, 6.45) is 7.23. The maximum Gasteiger partial charge on any atom is 0.140 e. The van der Waals surface area contributed by atoms with Crippen molar-refractivity contribution in [1.29, 1.82) is 0 Å². The Morgan fingerprint density at radius 2 is 2.12 bits per heavy atom. The molecule has 2 N–H and O–H groups in total. The Labute approximate surface area is 103 Å². The van der Waals surface area contributed by atoms with Gasteiger partial charge in [-0.05, 0) is 38.0 Å². The Kier molecular flexibility index (Phi) is 2.69. The van der Waals surface area contributed by atoms with Gasteiger partial charge in [0.25, 0.3) is 0 Å². The summed E-state index contributed by atoms with van der Waals surface area (Å²) < 4.78 is 2.34. The molecule has 0 unspecified atom stereocenters. The van der Waals surface area contributed by atoms with E-state index in [1.165, 1.54) is 43.8 Å². The van der Waals surface area contributed by atoms with Crippen LogP contribution in [0.4, 0.5) is 0 Å². The molecule has 0 radical (unpaired) electrons. The fourth-order valence-electron chi connectivity index (χ4n) is 3.38. The zero-order valence-corrected chi connectivity index (χ0v) is 10.7. The second kappa shape index (κ2) is 4.09. The summed E-state index contributed by atoms with van der Waals surface area (Å²) in [4.78, 5) is 0. The van der Waals surface area contributed by atoms with E-state index in [0.29, 0.717) is 0 Å². The van der Waals surface area contributed by atoms with Gasteiger partial charge in [-0.3, -0.25) is 0 Å². The maximum absolute atomic E-state index is 6.09. The highest BCUT2D eigenvalue weighted by Crippen LogP contribution is 2.40. The van der Waals surface area contributed by atoms with Crippen LogP contribution in [0.25, 0.3) is 0 Å². The zero-order valence-electron chi connectivity index (χ0n) is 10.7. The minimum absolute atomic E-state index is 0.113.